The number of halogens is 1. The number of hydrogen-bond acceptors (Lipinski definition) is 1. The summed E-state index contributed by atoms with van der Waals surface area (Å²) >= 11 is 5.72. The Morgan fingerprint density at radius 1 is 1.42 bits per heavy atom. The maximum absolute atomic E-state index is 5.72. The molecule has 1 nitrogen and oxygen atoms in total. The van der Waals surface area contributed by atoms with Crippen molar-refractivity contribution in [2.75, 3.05) is 6.54 Å². The summed E-state index contributed by atoms with van der Waals surface area (Å²) in [6, 6.07) is 0.742. The fourth-order valence-electron chi connectivity index (χ4n) is 1.67. The maximum atomic E-state index is 5.72. The first-order chi connectivity index (χ1) is 5.79. The van der Waals surface area contributed by atoms with Crippen LogP contribution in [0.25, 0.3) is 0 Å². The van der Waals surface area contributed by atoms with Crippen molar-refractivity contribution in [2.24, 2.45) is 0 Å². The monoisotopic (exact) mass is 187 g/mol. The highest BCUT2D eigenvalue weighted by Crippen LogP contribution is 2.17. The van der Waals surface area contributed by atoms with Crippen LogP contribution in [0.4, 0.5) is 0 Å². The fourth-order valence-corrected chi connectivity index (χ4v) is 1.75. The third-order valence-corrected chi connectivity index (χ3v) is 2.55. The van der Waals surface area contributed by atoms with Gasteiger partial charge >= 0.3 is 0 Å². The highest BCUT2D eigenvalue weighted by atomic mass is 35.5. The molecule has 70 valence electrons. The predicted molar refractivity (Wildman–Crippen MR) is 54.5 cm³/mol. The van der Waals surface area contributed by atoms with Gasteiger partial charge in [-0.25, -0.2) is 0 Å². The van der Waals surface area contributed by atoms with Gasteiger partial charge in [0.25, 0.3) is 0 Å². The lowest BCUT2D eigenvalue weighted by molar-refractivity contribution is 0.385. The summed E-state index contributed by atoms with van der Waals surface area (Å²) in [6.07, 6.45) is 8.92. The molecule has 0 radical (unpaired) electrons. The molecule has 0 amide bonds. The normalized spacial score (nSPS) is 21.3. The van der Waals surface area contributed by atoms with Crippen LogP contribution in [-0.2, 0) is 0 Å². The molecule has 0 aliphatic heterocycles. The molecule has 1 aliphatic carbocycles. The summed E-state index contributed by atoms with van der Waals surface area (Å²) in [5, 5.41) is 4.38. The molecule has 1 rings (SSSR count). The van der Waals surface area contributed by atoms with Gasteiger partial charge in [-0.05, 0) is 19.8 Å². The van der Waals surface area contributed by atoms with E-state index in [0.29, 0.717) is 0 Å². The molecule has 0 atom stereocenters. The summed E-state index contributed by atoms with van der Waals surface area (Å²) in [7, 11) is 0. The number of allylic oxidation sites excluding steroid dienone is 1. The van der Waals surface area contributed by atoms with Gasteiger partial charge in [0.2, 0.25) is 0 Å². The molecule has 0 aromatic carbocycles. The second-order valence-electron chi connectivity index (χ2n) is 3.53. The van der Waals surface area contributed by atoms with Crippen LogP contribution in [0.2, 0.25) is 0 Å². The zero-order valence-corrected chi connectivity index (χ0v) is 8.53. The molecule has 2 heteroatoms. The van der Waals surface area contributed by atoms with Gasteiger partial charge in [0.05, 0.1) is 0 Å². The van der Waals surface area contributed by atoms with Crippen LogP contribution in [0, 0.1) is 0 Å². The van der Waals surface area contributed by atoms with Crippen LogP contribution in [0.3, 0.4) is 0 Å². The first-order valence-corrected chi connectivity index (χ1v) is 5.22. The molecule has 0 unspecified atom stereocenters. The van der Waals surface area contributed by atoms with Gasteiger partial charge in [0.15, 0.2) is 0 Å². The summed E-state index contributed by atoms with van der Waals surface area (Å²) in [5.74, 6) is 0. The smallest absolute Gasteiger partial charge is 0.0151 e. The first kappa shape index (κ1) is 10.1. The Bertz CT molecular complexity index is 144. The van der Waals surface area contributed by atoms with E-state index in [4.69, 9.17) is 11.6 Å². The Hall–Kier alpha value is -0.0100. The van der Waals surface area contributed by atoms with Crippen LogP contribution in [0.15, 0.2) is 11.1 Å². The average molecular weight is 188 g/mol. The summed E-state index contributed by atoms with van der Waals surface area (Å²) in [5.41, 5.74) is 0. The molecule has 1 fully saturated rings. The van der Waals surface area contributed by atoms with Gasteiger partial charge < -0.3 is 5.32 Å². The highest BCUT2D eigenvalue weighted by Gasteiger charge is 2.10. The molecular formula is C10H18ClN. The molecule has 0 bridgehead atoms. The number of hydrogen-bond donors (Lipinski definition) is 1. The minimum absolute atomic E-state index is 0.742. The quantitative estimate of drug-likeness (QED) is 0.716. The topological polar surface area (TPSA) is 12.0 Å². The van der Waals surface area contributed by atoms with Crippen LogP contribution < -0.4 is 5.32 Å². The lowest BCUT2D eigenvalue weighted by Gasteiger charge is -2.22. The van der Waals surface area contributed by atoms with Gasteiger partial charge in [-0.1, -0.05) is 36.9 Å². The van der Waals surface area contributed by atoms with E-state index in [9.17, 15) is 0 Å². The lowest BCUT2D eigenvalue weighted by atomic mass is 9.95. The van der Waals surface area contributed by atoms with Gasteiger partial charge in [0, 0.05) is 17.6 Å². The zero-order valence-electron chi connectivity index (χ0n) is 7.78. The third-order valence-electron chi connectivity index (χ3n) is 2.40. The Balaban J connectivity index is 2.09. The van der Waals surface area contributed by atoms with E-state index in [1.165, 1.54) is 32.1 Å². The van der Waals surface area contributed by atoms with E-state index in [2.05, 4.69) is 5.32 Å². The van der Waals surface area contributed by atoms with Gasteiger partial charge in [0.1, 0.15) is 0 Å². The van der Waals surface area contributed by atoms with Gasteiger partial charge in [-0.2, -0.15) is 0 Å². The first-order valence-electron chi connectivity index (χ1n) is 4.84. The van der Waals surface area contributed by atoms with E-state index in [0.717, 1.165) is 17.6 Å². The molecule has 0 aromatic heterocycles. The Morgan fingerprint density at radius 2 is 2.08 bits per heavy atom. The molecule has 1 saturated carbocycles. The van der Waals surface area contributed by atoms with Crippen LogP contribution in [0.5, 0.6) is 0 Å². The molecule has 0 saturated heterocycles. The Morgan fingerprint density at radius 3 is 2.67 bits per heavy atom. The van der Waals surface area contributed by atoms with Crippen LogP contribution >= 0.6 is 11.6 Å². The summed E-state index contributed by atoms with van der Waals surface area (Å²) in [6.45, 7) is 2.85. The standard InChI is InChI=1S/C10H18ClN/c1-9(11)7-8-12-10-5-3-2-4-6-10/h7,10,12H,2-6,8H2,1H3/b9-7+. The van der Waals surface area contributed by atoms with Crippen molar-refractivity contribution in [1.82, 2.24) is 5.32 Å². The summed E-state index contributed by atoms with van der Waals surface area (Å²) < 4.78 is 0. The van der Waals surface area contributed by atoms with E-state index >= 15 is 0 Å². The molecular weight excluding hydrogens is 170 g/mol. The van der Waals surface area contributed by atoms with Crippen molar-refractivity contribution in [1.29, 1.82) is 0 Å². The second-order valence-corrected chi connectivity index (χ2v) is 4.13. The van der Waals surface area contributed by atoms with E-state index in [1.54, 1.807) is 0 Å². The number of nitrogens with one attached hydrogen (secondary N) is 1. The molecule has 12 heavy (non-hydrogen) atoms. The molecule has 0 spiro atoms. The van der Waals surface area contributed by atoms with Crippen LogP contribution in [0.1, 0.15) is 39.0 Å². The highest BCUT2D eigenvalue weighted by molar-refractivity contribution is 6.29. The van der Waals surface area contributed by atoms with Crippen molar-refractivity contribution in [3.05, 3.63) is 11.1 Å². The molecule has 1 N–H and O–H groups in total. The van der Waals surface area contributed by atoms with Gasteiger partial charge in [-0.3, -0.25) is 0 Å². The Labute approximate surface area is 80.2 Å². The molecule has 0 heterocycles. The minimum Gasteiger partial charge on any atom is -0.310 e. The van der Waals surface area contributed by atoms with Crippen molar-refractivity contribution in [3.63, 3.8) is 0 Å². The van der Waals surface area contributed by atoms with Crippen molar-refractivity contribution < 1.29 is 0 Å². The van der Waals surface area contributed by atoms with Crippen molar-refractivity contribution in [2.45, 2.75) is 45.1 Å². The Kier molecular flexibility index (Phi) is 4.70. The van der Waals surface area contributed by atoms with Crippen molar-refractivity contribution >= 4 is 11.6 Å². The summed E-state index contributed by atoms with van der Waals surface area (Å²) in [4.78, 5) is 0. The van der Waals surface area contributed by atoms with Gasteiger partial charge in [-0.15, -0.1) is 0 Å². The van der Waals surface area contributed by atoms with E-state index in [-0.39, 0.29) is 0 Å². The van der Waals surface area contributed by atoms with Crippen molar-refractivity contribution in [3.8, 4) is 0 Å². The fraction of sp³-hybridized carbons (Fsp3) is 0.800. The SMILES string of the molecule is C/C(Cl)=C\CNC1CCCCC1. The molecule has 1 aliphatic rings. The van der Waals surface area contributed by atoms with E-state index < -0.39 is 0 Å². The third kappa shape index (κ3) is 4.13. The van der Waals surface area contributed by atoms with Crippen LogP contribution in [-0.4, -0.2) is 12.6 Å². The average Bonchev–Trinajstić information content (AvgIpc) is 2.05. The second kappa shape index (κ2) is 5.60. The van der Waals surface area contributed by atoms with E-state index in [1.807, 2.05) is 13.0 Å². The largest absolute Gasteiger partial charge is 0.310 e. The predicted octanol–water partition coefficient (Wildman–Crippen LogP) is 3.05. The molecule has 0 aromatic rings. The lowest BCUT2D eigenvalue weighted by Crippen LogP contribution is -2.30. The number of rotatable bonds is 3. The zero-order chi connectivity index (χ0) is 8.81. The minimum atomic E-state index is 0.742. The maximum Gasteiger partial charge on any atom is 0.0151 e.